The maximum Gasteiger partial charge on any atom is 0.117 e. The van der Waals surface area contributed by atoms with Crippen LogP contribution in [0, 0.1) is 0 Å². The second kappa shape index (κ2) is 4.07. The van der Waals surface area contributed by atoms with Crippen molar-refractivity contribution in [3.05, 3.63) is 28.5 Å². The van der Waals surface area contributed by atoms with Crippen LogP contribution in [0.25, 0.3) is 11.0 Å². The van der Waals surface area contributed by atoms with Gasteiger partial charge in [-0.1, -0.05) is 29.3 Å². The minimum atomic E-state index is 0.0141. The maximum absolute atomic E-state index is 6.30. The van der Waals surface area contributed by atoms with Gasteiger partial charge in [-0.2, -0.15) is 0 Å². The zero-order valence-electron chi connectivity index (χ0n) is 10.8. The molecular formula is C14H18BrN3. The van der Waals surface area contributed by atoms with Gasteiger partial charge < -0.3 is 10.3 Å². The van der Waals surface area contributed by atoms with Crippen LogP contribution in [0.1, 0.15) is 32.0 Å². The molecule has 2 aromatic rings. The van der Waals surface area contributed by atoms with Crippen LogP contribution in [-0.4, -0.2) is 15.6 Å². The van der Waals surface area contributed by atoms with Crippen molar-refractivity contribution in [2.75, 3.05) is 0 Å². The number of nitrogens with two attached hydrogens (primary N) is 1. The van der Waals surface area contributed by atoms with E-state index in [2.05, 4.69) is 52.7 Å². The molecule has 1 saturated carbocycles. The summed E-state index contributed by atoms with van der Waals surface area (Å²) in [4.78, 5) is 4.83. The first kappa shape index (κ1) is 12.2. The zero-order chi connectivity index (χ0) is 12.9. The highest BCUT2D eigenvalue weighted by atomic mass is 79.9. The molecule has 0 spiro atoms. The zero-order valence-corrected chi connectivity index (χ0v) is 12.4. The molecule has 0 aliphatic heterocycles. The average Bonchev–Trinajstić information content (AvgIpc) is 2.82. The SMILES string of the molecule is Cn1c(C2(C)CCCC2N)nc2cc(Br)ccc21. The standard InChI is InChI=1S/C14H18BrN3/c1-14(7-3-4-12(14)16)13-17-10-8-9(15)5-6-11(10)18(13)2/h5-6,8,12H,3-4,7,16H2,1-2H3. The normalized spacial score (nSPS) is 28.1. The van der Waals surface area contributed by atoms with Crippen LogP contribution in [0.2, 0.25) is 0 Å². The molecule has 1 aliphatic rings. The van der Waals surface area contributed by atoms with E-state index in [9.17, 15) is 0 Å². The van der Waals surface area contributed by atoms with Crippen LogP contribution >= 0.6 is 15.9 Å². The highest BCUT2D eigenvalue weighted by molar-refractivity contribution is 9.10. The Morgan fingerprint density at radius 3 is 2.94 bits per heavy atom. The number of rotatable bonds is 1. The Morgan fingerprint density at radius 2 is 2.28 bits per heavy atom. The second-order valence-electron chi connectivity index (χ2n) is 5.54. The lowest BCUT2D eigenvalue weighted by Gasteiger charge is -2.28. The third kappa shape index (κ3) is 1.62. The molecule has 4 heteroatoms. The van der Waals surface area contributed by atoms with Crippen molar-refractivity contribution in [1.82, 2.24) is 9.55 Å². The summed E-state index contributed by atoms with van der Waals surface area (Å²) in [6, 6.07) is 6.46. The number of halogens is 1. The van der Waals surface area contributed by atoms with Crippen LogP contribution in [0.15, 0.2) is 22.7 Å². The lowest BCUT2D eigenvalue weighted by atomic mass is 9.84. The van der Waals surface area contributed by atoms with Crippen molar-refractivity contribution in [2.24, 2.45) is 12.8 Å². The van der Waals surface area contributed by atoms with Crippen LogP contribution in [-0.2, 0) is 12.5 Å². The molecule has 0 bridgehead atoms. The second-order valence-corrected chi connectivity index (χ2v) is 6.46. The minimum absolute atomic E-state index is 0.0141. The molecule has 1 aromatic carbocycles. The number of nitrogens with zero attached hydrogens (tertiary/aromatic N) is 2. The number of aryl methyl sites for hydroxylation is 1. The fourth-order valence-electron chi connectivity index (χ4n) is 3.15. The number of hydrogen-bond acceptors (Lipinski definition) is 2. The summed E-state index contributed by atoms with van der Waals surface area (Å²) >= 11 is 3.50. The van der Waals surface area contributed by atoms with Crippen molar-refractivity contribution in [3.63, 3.8) is 0 Å². The number of hydrogen-bond donors (Lipinski definition) is 1. The van der Waals surface area contributed by atoms with E-state index in [0.717, 1.165) is 28.7 Å². The Bertz CT molecular complexity index is 604. The Labute approximate surface area is 116 Å². The molecule has 2 N–H and O–H groups in total. The van der Waals surface area contributed by atoms with Crippen molar-refractivity contribution in [1.29, 1.82) is 0 Å². The van der Waals surface area contributed by atoms with Gasteiger partial charge in [0.15, 0.2) is 0 Å². The first-order valence-electron chi connectivity index (χ1n) is 6.40. The van der Waals surface area contributed by atoms with Gasteiger partial charge in [0.05, 0.1) is 11.0 Å². The molecule has 3 nitrogen and oxygen atoms in total. The monoisotopic (exact) mass is 307 g/mol. The van der Waals surface area contributed by atoms with E-state index in [1.165, 1.54) is 11.9 Å². The van der Waals surface area contributed by atoms with E-state index in [0.29, 0.717) is 0 Å². The van der Waals surface area contributed by atoms with Gasteiger partial charge in [-0.3, -0.25) is 0 Å². The van der Waals surface area contributed by atoms with E-state index >= 15 is 0 Å². The fraction of sp³-hybridized carbons (Fsp3) is 0.500. The van der Waals surface area contributed by atoms with Gasteiger partial charge in [-0.15, -0.1) is 0 Å². The summed E-state index contributed by atoms with van der Waals surface area (Å²) in [5.41, 5.74) is 8.54. The fourth-order valence-corrected chi connectivity index (χ4v) is 3.50. The molecular weight excluding hydrogens is 290 g/mol. The molecule has 1 aliphatic carbocycles. The topological polar surface area (TPSA) is 43.8 Å². The predicted octanol–water partition coefficient (Wildman–Crippen LogP) is 3.10. The van der Waals surface area contributed by atoms with Gasteiger partial charge in [0.2, 0.25) is 0 Å². The third-order valence-corrected chi connectivity index (χ3v) is 4.88. The maximum atomic E-state index is 6.30. The van der Waals surface area contributed by atoms with Crippen molar-refractivity contribution < 1.29 is 0 Å². The molecule has 18 heavy (non-hydrogen) atoms. The van der Waals surface area contributed by atoms with Gasteiger partial charge in [0.1, 0.15) is 5.82 Å². The Hall–Kier alpha value is -0.870. The minimum Gasteiger partial charge on any atom is -0.331 e. The first-order valence-corrected chi connectivity index (χ1v) is 7.20. The Balaban J connectivity index is 2.21. The van der Waals surface area contributed by atoms with Gasteiger partial charge >= 0.3 is 0 Å². The van der Waals surface area contributed by atoms with Crippen molar-refractivity contribution >= 4 is 27.0 Å². The van der Waals surface area contributed by atoms with E-state index in [1.54, 1.807) is 0 Å². The summed E-state index contributed by atoms with van der Waals surface area (Å²) in [6.07, 6.45) is 3.43. The van der Waals surface area contributed by atoms with Gasteiger partial charge in [0, 0.05) is 23.0 Å². The molecule has 0 saturated heterocycles. The molecule has 1 heterocycles. The molecule has 2 atom stereocenters. The van der Waals surface area contributed by atoms with Gasteiger partial charge in [-0.05, 0) is 31.0 Å². The smallest absolute Gasteiger partial charge is 0.117 e. The highest BCUT2D eigenvalue weighted by Crippen LogP contribution is 2.40. The predicted molar refractivity (Wildman–Crippen MR) is 77.6 cm³/mol. The molecule has 1 aromatic heterocycles. The summed E-state index contributed by atoms with van der Waals surface area (Å²) in [7, 11) is 2.09. The van der Waals surface area contributed by atoms with Crippen molar-refractivity contribution in [3.8, 4) is 0 Å². The highest BCUT2D eigenvalue weighted by Gasteiger charge is 2.41. The van der Waals surface area contributed by atoms with Gasteiger partial charge in [0.25, 0.3) is 0 Å². The number of benzene rings is 1. The van der Waals surface area contributed by atoms with E-state index in [-0.39, 0.29) is 11.5 Å². The lowest BCUT2D eigenvalue weighted by molar-refractivity contribution is 0.395. The summed E-state index contributed by atoms with van der Waals surface area (Å²) in [5, 5.41) is 0. The van der Waals surface area contributed by atoms with E-state index in [1.807, 2.05) is 0 Å². The van der Waals surface area contributed by atoms with Crippen LogP contribution < -0.4 is 5.73 Å². The molecule has 0 amide bonds. The molecule has 0 radical (unpaired) electrons. The summed E-state index contributed by atoms with van der Waals surface area (Å²) < 4.78 is 3.27. The Morgan fingerprint density at radius 1 is 1.50 bits per heavy atom. The van der Waals surface area contributed by atoms with E-state index in [4.69, 9.17) is 10.7 Å². The van der Waals surface area contributed by atoms with Crippen LogP contribution in [0.4, 0.5) is 0 Å². The van der Waals surface area contributed by atoms with E-state index < -0.39 is 0 Å². The first-order chi connectivity index (χ1) is 8.52. The number of fused-ring (bicyclic) bond motifs is 1. The number of aromatic nitrogens is 2. The molecule has 3 rings (SSSR count). The van der Waals surface area contributed by atoms with Crippen LogP contribution in [0.3, 0.4) is 0 Å². The molecule has 96 valence electrons. The molecule has 2 unspecified atom stereocenters. The third-order valence-electron chi connectivity index (χ3n) is 4.38. The lowest BCUT2D eigenvalue weighted by Crippen LogP contribution is -2.40. The average molecular weight is 308 g/mol. The summed E-state index contributed by atoms with van der Waals surface area (Å²) in [6.45, 7) is 2.25. The molecule has 1 fully saturated rings. The number of imidazole rings is 1. The summed E-state index contributed by atoms with van der Waals surface area (Å²) in [5.74, 6) is 1.13. The van der Waals surface area contributed by atoms with Gasteiger partial charge in [-0.25, -0.2) is 4.98 Å². The largest absolute Gasteiger partial charge is 0.331 e. The quantitative estimate of drug-likeness (QED) is 0.880. The van der Waals surface area contributed by atoms with Crippen molar-refractivity contribution in [2.45, 2.75) is 37.6 Å². The van der Waals surface area contributed by atoms with Crippen LogP contribution in [0.5, 0.6) is 0 Å². The Kier molecular flexibility index (Phi) is 2.75.